The molecule has 0 radical (unpaired) electrons. The van der Waals surface area contributed by atoms with Crippen LogP contribution in [-0.4, -0.2) is 16.9 Å². The van der Waals surface area contributed by atoms with Crippen LogP contribution in [0.1, 0.15) is 40.0 Å². The summed E-state index contributed by atoms with van der Waals surface area (Å²) in [6.07, 6.45) is 0. The van der Waals surface area contributed by atoms with Gasteiger partial charge in [-0.15, -0.1) is 0 Å². The lowest BCUT2D eigenvalue weighted by molar-refractivity contribution is 0.102. The van der Waals surface area contributed by atoms with Gasteiger partial charge in [0.1, 0.15) is 0 Å². The summed E-state index contributed by atoms with van der Waals surface area (Å²) in [5.74, 6) is -0.179. The second kappa shape index (κ2) is 9.20. The summed E-state index contributed by atoms with van der Waals surface area (Å²) in [6.45, 7) is 5.86. The molecule has 0 aliphatic rings. The molecule has 3 aromatic carbocycles. The van der Waals surface area contributed by atoms with Gasteiger partial charge in [0.05, 0.1) is 16.3 Å². The predicted octanol–water partition coefficient (Wildman–Crippen LogP) is 6.05. The molecule has 0 bridgehead atoms. The van der Waals surface area contributed by atoms with Crippen molar-refractivity contribution in [1.29, 1.82) is 0 Å². The minimum Gasteiger partial charge on any atom is -0.331 e. The molecular weight excluding hydrogens is 420 g/mol. The first-order chi connectivity index (χ1) is 15.4. The highest BCUT2D eigenvalue weighted by Gasteiger charge is 2.14. The summed E-state index contributed by atoms with van der Waals surface area (Å²) in [4.78, 5) is 29.7. The summed E-state index contributed by atoms with van der Waals surface area (Å²) >= 11 is 1.33. The van der Waals surface area contributed by atoms with Crippen molar-refractivity contribution < 1.29 is 9.59 Å². The van der Waals surface area contributed by atoms with Gasteiger partial charge in [-0.2, -0.15) is 0 Å². The Hall–Kier alpha value is -3.71. The van der Waals surface area contributed by atoms with E-state index in [1.807, 2.05) is 69.3 Å². The fraction of sp³-hybridized carbons (Fsp3) is 0.160. The van der Waals surface area contributed by atoms with E-state index < -0.39 is 0 Å². The van der Waals surface area contributed by atoms with Crippen molar-refractivity contribution in [2.75, 3.05) is 10.6 Å². The normalized spacial score (nSPS) is 11.7. The van der Waals surface area contributed by atoms with Crippen LogP contribution in [-0.2, 0) is 0 Å². The summed E-state index contributed by atoms with van der Waals surface area (Å²) in [6, 6.07) is 20.5. The van der Waals surface area contributed by atoms with E-state index in [9.17, 15) is 9.59 Å². The number of hydrogen-bond donors (Lipinski definition) is 3. The lowest BCUT2D eigenvalue weighted by Crippen LogP contribution is -2.31. The van der Waals surface area contributed by atoms with Gasteiger partial charge in [0.2, 0.25) is 0 Å². The molecule has 3 N–H and O–H groups in total. The minimum atomic E-state index is -0.326. The number of carbonyl (C=O) groups is 2. The molecule has 4 aromatic rings. The summed E-state index contributed by atoms with van der Waals surface area (Å²) < 4.78 is 0.825. The molecule has 1 heterocycles. The zero-order chi connectivity index (χ0) is 22.7. The average molecular weight is 445 g/mol. The first-order valence-corrected chi connectivity index (χ1v) is 11.1. The number of fused-ring (bicyclic) bond motifs is 1. The Balaban J connectivity index is 1.45. The van der Waals surface area contributed by atoms with Gasteiger partial charge in [-0.1, -0.05) is 59.9 Å². The molecule has 4 rings (SSSR count). The number of anilines is 2. The van der Waals surface area contributed by atoms with E-state index in [0.29, 0.717) is 10.7 Å². The largest absolute Gasteiger partial charge is 0.331 e. The Kier molecular flexibility index (Phi) is 6.18. The zero-order valence-electron chi connectivity index (χ0n) is 18.1. The molecule has 0 aliphatic carbocycles. The Bertz CT molecular complexity index is 1260. The number of thiazole rings is 1. The van der Waals surface area contributed by atoms with Gasteiger partial charge in [0, 0.05) is 11.3 Å². The Morgan fingerprint density at radius 2 is 1.62 bits per heavy atom. The van der Waals surface area contributed by atoms with Crippen LogP contribution in [0.15, 0.2) is 66.7 Å². The number of para-hydroxylation sites is 1. The second-order valence-corrected chi connectivity index (χ2v) is 8.68. The quantitative estimate of drug-likeness (QED) is 0.350. The number of rotatable bonds is 5. The van der Waals surface area contributed by atoms with Gasteiger partial charge < -0.3 is 10.6 Å². The number of nitrogens with zero attached hydrogens (tertiary/aromatic N) is 1. The molecule has 0 saturated heterocycles. The standard InChI is InChI=1S/C25H24N4O2S/c1-15-8-7-9-16(2)22(15)28-23(30)19-12-13-20-21(14-19)32-25(27-20)29-24(31)26-17(3)18-10-5-4-6-11-18/h4-14,17H,1-3H3,(H,28,30)(H2,26,27,29,31)/t17-/m1/s1. The lowest BCUT2D eigenvalue weighted by Gasteiger charge is -2.13. The third-order valence-electron chi connectivity index (χ3n) is 5.24. The summed E-state index contributed by atoms with van der Waals surface area (Å²) in [5.41, 5.74) is 5.14. The first kappa shape index (κ1) is 21.5. The molecular formula is C25H24N4O2S. The van der Waals surface area contributed by atoms with Gasteiger partial charge >= 0.3 is 6.03 Å². The fourth-order valence-electron chi connectivity index (χ4n) is 3.47. The summed E-state index contributed by atoms with van der Waals surface area (Å²) in [7, 11) is 0. The van der Waals surface area contributed by atoms with Gasteiger partial charge in [-0.05, 0) is 55.7 Å². The van der Waals surface area contributed by atoms with Crippen molar-refractivity contribution in [3.8, 4) is 0 Å². The maximum Gasteiger partial charge on any atom is 0.321 e. The SMILES string of the molecule is Cc1cccc(C)c1NC(=O)c1ccc2nc(NC(=O)N[C@H](C)c3ccccc3)sc2c1. The molecule has 6 nitrogen and oxygen atoms in total. The first-order valence-electron chi connectivity index (χ1n) is 10.3. The second-order valence-electron chi connectivity index (χ2n) is 7.65. The van der Waals surface area contributed by atoms with Crippen LogP contribution in [0.3, 0.4) is 0 Å². The van der Waals surface area contributed by atoms with E-state index in [4.69, 9.17) is 0 Å². The molecule has 1 aromatic heterocycles. The van der Waals surface area contributed by atoms with Crippen LogP contribution in [0.4, 0.5) is 15.6 Å². The number of hydrogen-bond acceptors (Lipinski definition) is 4. The smallest absolute Gasteiger partial charge is 0.321 e. The minimum absolute atomic E-state index is 0.134. The van der Waals surface area contributed by atoms with Crippen molar-refractivity contribution in [2.24, 2.45) is 0 Å². The number of amides is 3. The molecule has 1 atom stereocenters. The summed E-state index contributed by atoms with van der Waals surface area (Å²) in [5, 5.41) is 9.18. The van der Waals surface area contributed by atoms with E-state index in [-0.39, 0.29) is 18.0 Å². The Morgan fingerprint density at radius 3 is 2.34 bits per heavy atom. The molecule has 162 valence electrons. The van der Waals surface area contributed by atoms with Crippen molar-refractivity contribution >= 4 is 44.3 Å². The Morgan fingerprint density at radius 1 is 0.906 bits per heavy atom. The molecule has 0 unspecified atom stereocenters. The fourth-order valence-corrected chi connectivity index (χ4v) is 4.37. The average Bonchev–Trinajstić information content (AvgIpc) is 3.18. The Labute approximate surface area is 190 Å². The molecule has 32 heavy (non-hydrogen) atoms. The number of aromatic nitrogens is 1. The zero-order valence-corrected chi connectivity index (χ0v) is 18.9. The van der Waals surface area contributed by atoms with Crippen LogP contribution >= 0.6 is 11.3 Å². The van der Waals surface area contributed by atoms with Crippen molar-refractivity contribution in [1.82, 2.24) is 10.3 Å². The molecule has 0 fully saturated rings. The number of urea groups is 1. The molecule has 7 heteroatoms. The van der Waals surface area contributed by atoms with Crippen LogP contribution in [0.25, 0.3) is 10.2 Å². The van der Waals surface area contributed by atoms with Gasteiger partial charge in [0.25, 0.3) is 5.91 Å². The van der Waals surface area contributed by atoms with Crippen molar-refractivity contribution in [2.45, 2.75) is 26.8 Å². The highest BCUT2D eigenvalue weighted by molar-refractivity contribution is 7.22. The van der Waals surface area contributed by atoms with E-state index >= 15 is 0 Å². The highest BCUT2D eigenvalue weighted by Crippen LogP contribution is 2.28. The number of carbonyl (C=O) groups excluding carboxylic acids is 2. The van der Waals surface area contributed by atoms with Crippen LogP contribution in [0, 0.1) is 13.8 Å². The highest BCUT2D eigenvalue weighted by atomic mass is 32.1. The van der Waals surface area contributed by atoms with E-state index in [0.717, 1.165) is 32.6 Å². The predicted molar refractivity (Wildman–Crippen MR) is 131 cm³/mol. The maximum atomic E-state index is 12.8. The maximum absolute atomic E-state index is 12.8. The number of nitrogens with one attached hydrogen (secondary N) is 3. The van der Waals surface area contributed by atoms with Crippen LogP contribution in [0.2, 0.25) is 0 Å². The van der Waals surface area contributed by atoms with E-state index in [2.05, 4.69) is 20.9 Å². The van der Waals surface area contributed by atoms with Crippen LogP contribution < -0.4 is 16.0 Å². The van der Waals surface area contributed by atoms with Gasteiger partial charge in [-0.25, -0.2) is 9.78 Å². The monoisotopic (exact) mass is 444 g/mol. The number of benzene rings is 3. The number of aryl methyl sites for hydroxylation is 2. The molecule has 3 amide bonds. The third-order valence-corrected chi connectivity index (χ3v) is 6.17. The van der Waals surface area contributed by atoms with Crippen LogP contribution in [0.5, 0.6) is 0 Å². The van der Waals surface area contributed by atoms with Crippen molar-refractivity contribution in [3.63, 3.8) is 0 Å². The van der Waals surface area contributed by atoms with Gasteiger partial charge in [0.15, 0.2) is 5.13 Å². The molecule has 0 saturated carbocycles. The van der Waals surface area contributed by atoms with E-state index in [1.165, 1.54) is 11.3 Å². The lowest BCUT2D eigenvalue weighted by atomic mass is 10.1. The van der Waals surface area contributed by atoms with Crippen molar-refractivity contribution in [3.05, 3.63) is 89.0 Å². The third kappa shape index (κ3) is 4.78. The van der Waals surface area contributed by atoms with Gasteiger partial charge in [-0.3, -0.25) is 10.1 Å². The topological polar surface area (TPSA) is 83.1 Å². The molecule has 0 spiro atoms. The van der Waals surface area contributed by atoms with E-state index in [1.54, 1.807) is 18.2 Å². The molecule has 0 aliphatic heterocycles.